The molecule has 0 N–H and O–H groups in total. The SMILES string of the molecule is C1CC2(CC2)C2CC3(CC3)CN12. The van der Waals surface area contributed by atoms with Crippen molar-refractivity contribution in [3.8, 4) is 0 Å². The highest BCUT2D eigenvalue weighted by atomic mass is 15.2. The average molecular weight is 163 g/mol. The molecule has 0 aromatic carbocycles. The third-order valence-corrected chi connectivity index (χ3v) is 5.06. The van der Waals surface area contributed by atoms with E-state index in [4.69, 9.17) is 0 Å². The first-order valence-corrected chi connectivity index (χ1v) is 5.56. The van der Waals surface area contributed by atoms with Crippen molar-refractivity contribution < 1.29 is 0 Å². The molecule has 1 heteroatoms. The molecule has 66 valence electrons. The summed E-state index contributed by atoms with van der Waals surface area (Å²) in [5.41, 5.74) is 1.73. The van der Waals surface area contributed by atoms with Gasteiger partial charge >= 0.3 is 0 Å². The van der Waals surface area contributed by atoms with Crippen LogP contribution >= 0.6 is 0 Å². The van der Waals surface area contributed by atoms with Crippen LogP contribution < -0.4 is 0 Å². The van der Waals surface area contributed by atoms with E-state index in [1.54, 1.807) is 32.1 Å². The third kappa shape index (κ3) is 0.618. The Labute approximate surface area is 74.1 Å². The maximum Gasteiger partial charge on any atom is 0.0158 e. The molecule has 1 unspecified atom stereocenters. The lowest BCUT2D eigenvalue weighted by atomic mass is 9.90. The lowest BCUT2D eigenvalue weighted by Gasteiger charge is -2.18. The zero-order valence-corrected chi connectivity index (χ0v) is 7.68. The molecule has 4 aliphatic rings. The van der Waals surface area contributed by atoms with Crippen LogP contribution in [0.1, 0.15) is 38.5 Å². The first kappa shape index (κ1) is 6.42. The van der Waals surface area contributed by atoms with Crippen LogP contribution in [0.25, 0.3) is 0 Å². The molecule has 0 aromatic rings. The summed E-state index contributed by atoms with van der Waals surface area (Å²) in [6, 6.07) is 1.04. The predicted octanol–water partition coefficient (Wildman–Crippen LogP) is 2.02. The molecule has 2 spiro atoms. The fourth-order valence-electron chi connectivity index (χ4n) is 3.80. The molecule has 2 saturated carbocycles. The summed E-state index contributed by atoms with van der Waals surface area (Å²) in [5.74, 6) is 0. The molecule has 4 rings (SSSR count). The van der Waals surface area contributed by atoms with E-state index >= 15 is 0 Å². The van der Waals surface area contributed by atoms with Crippen molar-refractivity contribution in [2.45, 2.75) is 44.6 Å². The van der Waals surface area contributed by atoms with Gasteiger partial charge in [0, 0.05) is 12.6 Å². The molecule has 2 heterocycles. The van der Waals surface area contributed by atoms with Crippen LogP contribution in [0, 0.1) is 10.8 Å². The Balaban J connectivity index is 1.68. The third-order valence-electron chi connectivity index (χ3n) is 5.06. The van der Waals surface area contributed by atoms with Crippen LogP contribution in [0.3, 0.4) is 0 Å². The highest BCUT2D eigenvalue weighted by molar-refractivity contribution is 5.16. The van der Waals surface area contributed by atoms with Crippen LogP contribution in [-0.4, -0.2) is 24.0 Å². The topological polar surface area (TPSA) is 3.24 Å². The van der Waals surface area contributed by atoms with E-state index in [-0.39, 0.29) is 0 Å². The molecule has 0 radical (unpaired) electrons. The second-order valence-electron chi connectivity index (χ2n) is 5.80. The summed E-state index contributed by atoms with van der Waals surface area (Å²) in [7, 11) is 0. The Morgan fingerprint density at radius 2 is 1.83 bits per heavy atom. The summed E-state index contributed by atoms with van der Waals surface area (Å²) in [5, 5.41) is 0. The molecule has 12 heavy (non-hydrogen) atoms. The van der Waals surface area contributed by atoms with Crippen molar-refractivity contribution in [3.63, 3.8) is 0 Å². The van der Waals surface area contributed by atoms with Gasteiger partial charge in [-0.3, -0.25) is 4.90 Å². The lowest BCUT2D eigenvalue weighted by molar-refractivity contribution is 0.279. The number of nitrogens with zero attached hydrogens (tertiary/aromatic N) is 1. The predicted molar refractivity (Wildman–Crippen MR) is 47.9 cm³/mol. The Morgan fingerprint density at radius 3 is 2.50 bits per heavy atom. The highest BCUT2D eigenvalue weighted by Crippen LogP contribution is 2.66. The van der Waals surface area contributed by atoms with Crippen LogP contribution in [-0.2, 0) is 0 Å². The largest absolute Gasteiger partial charge is 0.299 e. The van der Waals surface area contributed by atoms with Gasteiger partial charge < -0.3 is 0 Å². The molecule has 1 nitrogen and oxygen atoms in total. The smallest absolute Gasteiger partial charge is 0.0158 e. The summed E-state index contributed by atoms with van der Waals surface area (Å²) in [6.07, 6.45) is 9.33. The van der Waals surface area contributed by atoms with Gasteiger partial charge in [0.25, 0.3) is 0 Å². The first-order chi connectivity index (χ1) is 5.82. The van der Waals surface area contributed by atoms with Crippen molar-refractivity contribution in [2.75, 3.05) is 13.1 Å². The van der Waals surface area contributed by atoms with Gasteiger partial charge in [0.2, 0.25) is 0 Å². The minimum absolute atomic E-state index is 0.862. The Bertz CT molecular complexity index is 237. The molecule has 0 amide bonds. The van der Waals surface area contributed by atoms with Gasteiger partial charge in [-0.05, 0) is 55.9 Å². The van der Waals surface area contributed by atoms with Crippen molar-refractivity contribution in [1.82, 2.24) is 4.90 Å². The van der Waals surface area contributed by atoms with Crippen molar-refractivity contribution in [3.05, 3.63) is 0 Å². The van der Waals surface area contributed by atoms with Crippen LogP contribution in [0.2, 0.25) is 0 Å². The van der Waals surface area contributed by atoms with Crippen molar-refractivity contribution in [2.24, 2.45) is 10.8 Å². The maximum atomic E-state index is 2.82. The minimum atomic E-state index is 0.862. The fraction of sp³-hybridized carbons (Fsp3) is 1.00. The maximum absolute atomic E-state index is 2.82. The molecule has 0 aromatic heterocycles. The molecule has 0 bridgehead atoms. The van der Waals surface area contributed by atoms with Crippen LogP contribution in [0.5, 0.6) is 0 Å². The normalized spacial score (nSPS) is 45.5. The number of fused-ring (bicyclic) bond motifs is 2. The van der Waals surface area contributed by atoms with Crippen LogP contribution in [0.15, 0.2) is 0 Å². The summed E-state index contributed by atoms with van der Waals surface area (Å²) >= 11 is 0. The molecular weight excluding hydrogens is 146 g/mol. The lowest BCUT2D eigenvalue weighted by Crippen LogP contribution is -2.26. The van der Waals surface area contributed by atoms with Crippen molar-refractivity contribution >= 4 is 0 Å². The van der Waals surface area contributed by atoms with Crippen LogP contribution in [0.4, 0.5) is 0 Å². The number of hydrogen-bond donors (Lipinski definition) is 0. The van der Waals surface area contributed by atoms with Gasteiger partial charge in [0.1, 0.15) is 0 Å². The van der Waals surface area contributed by atoms with E-state index in [9.17, 15) is 0 Å². The standard InChI is InChI=1S/C11H17N/c1-2-10(1)7-9-11(3-4-11)5-6-12(9)8-10/h9H,1-8H2. The molecule has 2 aliphatic carbocycles. The van der Waals surface area contributed by atoms with Gasteiger partial charge in [-0.1, -0.05) is 0 Å². The quantitative estimate of drug-likeness (QED) is 0.528. The second-order valence-corrected chi connectivity index (χ2v) is 5.80. The highest BCUT2D eigenvalue weighted by Gasteiger charge is 2.63. The monoisotopic (exact) mass is 163 g/mol. The van der Waals surface area contributed by atoms with E-state index in [0.717, 1.165) is 16.9 Å². The average Bonchev–Trinajstić information content (AvgIpc) is 2.86. The van der Waals surface area contributed by atoms with E-state index < -0.39 is 0 Å². The minimum Gasteiger partial charge on any atom is -0.299 e. The molecular formula is C11H17N. The Morgan fingerprint density at radius 1 is 1.00 bits per heavy atom. The molecule has 1 atom stereocenters. The fourth-order valence-corrected chi connectivity index (χ4v) is 3.80. The zero-order valence-electron chi connectivity index (χ0n) is 7.68. The summed E-state index contributed by atoms with van der Waals surface area (Å²) in [4.78, 5) is 2.82. The Kier molecular flexibility index (Phi) is 0.863. The van der Waals surface area contributed by atoms with Gasteiger partial charge in [-0.25, -0.2) is 0 Å². The van der Waals surface area contributed by atoms with Gasteiger partial charge in [-0.15, -0.1) is 0 Å². The first-order valence-electron chi connectivity index (χ1n) is 5.56. The Hall–Kier alpha value is -0.0400. The molecule has 2 aliphatic heterocycles. The van der Waals surface area contributed by atoms with E-state index in [1.165, 1.54) is 19.5 Å². The van der Waals surface area contributed by atoms with E-state index in [2.05, 4.69) is 4.90 Å². The van der Waals surface area contributed by atoms with E-state index in [0.29, 0.717) is 0 Å². The summed E-state index contributed by atoms with van der Waals surface area (Å²) in [6.45, 7) is 2.91. The summed E-state index contributed by atoms with van der Waals surface area (Å²) < 4.78 is 0. The zero-order chi connectivity index (χ0) is 7.81. The van der Waals surface area contributed by atoms with E-state index in [1.807, 2.05) is 0 Å². The van der Waals surface area contributed by atoms with Gasteiger partial charge in [0.05, 0.1) is 0 Å². The van der Waals surface area contributed by atoms with Crippen molar-refractivity contribution in [1.29, 1.82) is 0 Å². The van der Waals surface area contributed by atoms with Gasteiger partial charge in [-0.2, -0.15) is 0 Å². The molecule has 4 fully saturated rings. The molecule has 2 saturated heterocycles. The number of hydrogen-bond acceptors (Lipinski definition) is 1. The number of rotatable bonds is 0. The second kappa shape index (κ2) is 1.61. The van der Waals surface area contributed by atoms with Gasteiger partial charge in [0.15, 0.2) is 0 Å².